The van der Waals surface area contributed by atoms with E-state index in [1.54, 1.807) is 0 Å². The van der Waals surface area contributed by atoms with Gasteiger partial charge in [-0.2, -0.15) is 0 Å². The highest BCUT2D eigenvalue weighted by molar-refractivity contribution is 7.85. The average molecular weight is 273 g/mol. The van der Waals surface area contributed by atoms with Gasteiger partial charge in [-0.1, -0.05) is 13.8 Å². The molecule has 2 rings (SSSR count). The van der Waals surface area contributed by atoms with E-state index in [2.05, 4.69) is 5.32 Å². The van der Waals surface area contributed by atoms with Gasteiger partial charge < -0.3 is 10.4 Å². The predicted octanol–water partition coefficient (Wildman–Crippen LogP) is 0.370. The molecule has 2 fully saturated rings. The van der Waals surface area contributed by atoms with Crippen molar-refractivity contribution < 1.29 is 18.9 Å². The van der Waals surface area contributed by atoms with Crippen LogP contribution in [0.25, 0.3) is 0 Å². The SMILES string of the molecule is CC1(C)[C@H](C(=O)O)[C@@H]1C(=O)NC1CCS(=O)CC1. The maximum Gasteiger partial charge on any atom is 0.307 e. The molecule has 0 aromatic heterocycles. The van der Waals surface area contributed by atoms with E-state index in [9.17, 15) is 13.8 Å². The van der Waals surface area contributed by atoms with Crippen molar-refractivity contribution in [2.24, 2.45) is 17.3 Å². The van der Waals surface area contributed by atoms with E-state index >= 15 is 0 Å². The summed E-state index contributed by atoms with van der Waals surface area (Å²) in [5, 5.41) is 11.9. The summed E-state index contributed by atoms with van der Waals surface area (Å²) in [5.41, 5.74) is -0.451. The number of amides is 1. The lowest BCUT2D eigenvalue weighted by atomic mass is 10.1. The molecule has 1 heterocycles. The molecule has 102 valence electrons. The first-order valence-corrected chi connectivity index (χ1v) is 7.71. The Morgan fingerprint density at radius 2 is 1.78 bits per heavy atom. The van der Waals surface area contributed by atoms with E-state index in [4.69, 9.17) is 5.11 Å². The molecule has 0 bridgehead atoms. The number of carboxylic acid groups (broad SMARTS) is 1. The van der Waals surface area contributed by atoms with Gasteiger partial charge in [0.2, 0.25) is 5.91 Å². The molecule has 1 amide bonds. The molecule has 0 spiro atoms. The van der Waals surface area contributed by atoms with Gasteiger partial charge >= 0.3 is 5.97 Å². The van der Waals surface area contributed by atoms with Crippen LogP contribution in [0.4, 0.5) is 0 Å². The number of nitrogens with one attached hydrogen (secondary N) is 1. The summed E-state index contributed by atoms with van der Waals surface area (Å²) < 4.78 is 11.2. The average Bonchev–Trinajstić information content (AvgIpc) is 2.85. The summed E-state index contributed by atoms with van der Waals surface area (Å²) in [7, 11) is -0.746. The van der Waals surface area contributed by atoms with Crippen LogP contribution in [-0.2, 0) is 20.4 Å². The monoisotopic (exact) mass is 273 g/mol. The minimum Gasteiger partial charge on any atom is -0.481 e. The van der Waals surface area contributed by atoms with Crippen LogP contribution < -0.4 is 5.32 Å². The Morgan fingerprint density at radius 3 is 2.22 bits per heavy atom. The maximum atomic E-state index is 12.0. The Kier molecular flexibility index (Phi) is 3.49. The molecule has 1 aliphatic heterocycles. The van der Waals surface area contributed by atoms with Crippen LogP contribution in [0.3, 0.4) is 0 Å². The molecule has 0 aromatic rings. The summed E-state index contributed by atoms with van der Waals surface area (Å²) >= 11 is 0. The molecule has 1 saturated heterocycles. The zero-order chi connectivity index (χ0) is 13.5. The summed E-state index contributed by atoms with van der Waals surface area (Å²) in [6, 6.07) is 0.0565. The van der Waals surface area contributed by atoms with Crippen molar-refractivity contribution in [3.8, 4) is 0 Å². The maximum absolute atomic E-state index is 12.0. The minimum absolute atomic E-state index is 0.0565. The molecule has 2 N–H and O–H groups in total. The van der Waals surface area contributed by atoms with Gasteiger partial charge in [-0.3, -0.25) is 13.8 Å². The Bertz CT molecular complexity index is 397. The largest absolute Gasteiger partial charge is 0.481 e. The predicted molar refractivity (Wildman–Crippen MR) is 67.4 cm³/mol. The summed E-state index contributed by atoms with van der Waals surface area (Å²) in [5.74, 6) is -0.810. The van der Waals surface area contributed by atoms with Crippen LogP contribution in [0.2, 0.25) is 0 Å². The fraction of sp³-hybridized carbons (Fsp3) is 0.833. The first kappa shape index (κ1) is 13.5. The summed E-state index contributed by atoms with van der Waals surface area (Å²) in [4.78, 5) is 23.0. The minimum atomic E-state index is -0.898. The van der Waals surface area contributed by atoms with Crippen LogP contribution in [0.1, 0.15) is 26.7 Å². The van der Waals surface area contributed by atoms with Crippen LogP contribution in [-0.4, -0.2) is 38.7 Å². The topological polar surface area (TPSA) is 83.5 Å². The highest BCUT2D eigenvalue weighted by Crippen LogP contribution is 2.58. The van der Waals surface area contributed by atoms with Crippen molar-refractivity contribution in [1.82, 2.24) is 5.32 Å². The molecule has 0 radical (unpaired) electrons. The van der Waals surface area contributed by atoms with E-state index in [-0.39, 0.29) is 11.9 Å². The number of carbonyl (C=O) groups is 2. The Labute approximate surface area is 109 Å². The third-order valence-corrected chi connectivity index (χ3v) is 5.49. The van der Waals surface area contributed by atoms with Gasteiger partial charge in [-0.05, 0) is 18.3 Å². The zero-order valence-electron chi connectivity index (χ0n) is 10.6. The highest BCUT2D eigenvalue weighted by Gasteiger charge is 2.65. The first-order valence-electron chi connectivity index (χ1n) is 6.22. The summed E-state index contributed by atoms with van der Waals surface area (Å²) in [6.07, 6.45) is 1.45. The summed E-state index contributed by atoms with van der Waals surface area (Å²) in [6.45, 7) is 3.62. The Balaban J connectivity index is 1.90. The smallest absolute Gasteiger partial charge is 0.307 e. The third-order valence-electron chi connectivity index (χ3n) is 4.11. The van der Waals surface area contributed by atoms with Crippen LogP contribution in [0.15, 0.2) is 0 Å². The third kappa shape index (κ3) is 2.43. The standard InChI is InChI=1S/C12H19NO4S/c1-12(2)8(9(12)11(15)16)10(14)13-7-3-5-18(17)6-4-7/h7-9H,3-6H2,1-2H3,(H,13,14)(H,15,16)/t7?,8-,9+,18?/m1/s1. The van der Waals surface area contributed by atoms with Crippen LogP contribution in [0, 0.1) is 17.3 Å². The molecule has 18 heavy (non-hydrogen) atoms. The molecule has 0 unspecified atom stereocenters. The molecule has 1 aliphatic carbocycles. The number of carboxylic acids is 1. The van der Waals surface area contributed by atoms with E-state index in [0.717, 1.165) is 12.8 Å². The van der Waals surface area contributed by atoms with Crippen LogP contribution >= 0.6 is 0 Å². The quantitative estimate of drug-likeness (QED) is 0.778. The van der Waals surface area contributed by atoms with Gasteiger partial charge in [-0.25, -0.2) is 0 Å². The molecular weight excluding hydrogens is 254 g/mol. The molecule has 0 aromatic carbocycles. The molecule has 1 saturated carbocycles. The second-order valence-corrected chi connectivity index (χ2v) is 7.44. The van der Waals surface area contributed by atoms with Crippen molar-refractivity contribution in [2.75, 3.05) is 11.5 Å². The number of hydrogen-bond acceptors (Lipinski definition) is 3. The molecular formula is C12H19NO4S. The number of rotatable bonds is 3. The molecule has 2 aliphatic rings. The highest BCUT2D eigenvalue weighted by atomic mass is 32.2. The van der Waals surface area contributed by atoms with E-state index in [1.165, 1.54) is 0 Å². The molecule has 2 atom stereocenters. The first-order chi connectivity index (χ1) is 8.34. The fourth-order valence-corrected chi connectivity index (χ4v) is 4.12. The number of carbonyl (C=O) groups excluding carboxylic acids is 1. The number of aliphatic carboxylic acids is 1. The van der Waals surface area contributed by atoms with E-state index in [0.29, 0.717) is 11.5 Å². The second kappa shape index (κ2) is 4.64. The van der Waals surface area contributed by atoms with Crippen molar-refractivity contribution in [3.63, 3.8) is 0 Å². The Hall–Kier alpha value is -0.910. The second-order valence-electron chi connectivity index (χ2n) is 5.75. The molecule has 5 nitrogen and oxygen atoms in total. The van der Waals surface area contributed by atoms with Gasteiger partial charge in [0.05, 0.1) is 11.8 Å². The fourth-order valence-electron chi connectivity index (χ4n) is 2.82. The van der Waals surface area contributed by atoms with Gasteiger partial charge in [0, 0.05) is 28.3 Å². The number of hydrogen-bond donors (Lipinski definition) is 2. The van der Waals surface area contributed by atoms with Crippen molar-refractivity contribution in [2.45, 2.75) is 32.7 Å². The van der Waals surface area contributed by atoms with Gasteiger partial charge in [0.1, 0.15) is 0 Å². The normalized spacial score (nSPS) is 37.9. The van der Waals surface area contributed by atoms with Crippen LogP contribution in [0.5, 0.6) is 0 Å². The van der Waals surface area contributed by atoms with E-state index in [1.807, 2.05) is 13.8 Å². The van der Waals surface area contributed by atoms with Crippen molar-refractivity contribution >= 4 is 22.7 Å². The Morgan fingerprint density at radius 1 is 1.22 bits per heavy atom. The van der Waals surface area contributed by atoms with Gasteiger partial charge in [0.15, 0.2) is 0 Å². The van der Waals surface area contributed by atoms with E-state index < -0.39 is 34.0 Å². The zero-order valence-corrected chi connectivity index (χ0v) is 11.5. The van der Waals surface area contributed by atoms with Gasteiger partial charge in [-0.15, -0.1) is 0 Å². The molecule has 6 heteroatoms. The van der Waals surface area contributed by atoms with Gasteiger partial charge in [0.25, 0.3) is 0 Å². The van der Waals surface area contributed by atoms with Crippen molar-refractivity contribution in [1.29, 1.82) is 0 Å². The lowest BCUT2D eigenvalue weighted by molar-refractivity contribution is -0.140. The lowest BCUT2D eigenvalue weighted by Gasteiger charge is -2.22. The van der Waals surface area contributed by atoms with Crippen molar-refractivity contribution in [3.05, 3.63) is 0 Å². The lowest BCUT2D eigenvalue weighted by Crippen LogP contribution is -2.41.